The molecule has 2 rings (SSSR count). The molecule has 0 unspecified atom stereocenters. The first-order chi connectivity index (χ1) is 9.03. The lowest BCUT2D eigenvalue weighted by molar-refractivity contribution is 0.0713. The molecule has 1 aromatic heterocycles. The Hall–Kier alpha value is -0.660. The minimum atomic E-state index is -3.10. The molecule has 0 bridgehead atoms. The highest BCUT2D eigenvalue weighted by Gasteiger charge is 2.37. The summed E-state index contributed by atoms with van der Waals surface area (Å²) >= 11 is 3.35. The van der Waals surface area contributed by atoms with Gasteiger partial charge < -0.3 is 4.74 Å². The molecule has 0 atom stereocenters. The number of sulfonamides is 1. The fourth-order valence-electron chi connectivity index (χ4n) is 1.77. The molecule has 19 heavy (non-hydrogen) atoms. The molecule has 0 spiro atoms. The van der Waals surface area contributed by atoms with Crippen molar-refractivity contribution in [3.05, 3.63) is 22.8 Å². The molecule has 1 aliphatic rings. The fraction of sp³-hybridized carbons (Fsp3) is 0.583. The van der Waals surface area contributed by atoms with E-state index in [0.29, 0.717) is 25.4 Å². The van der Waals surface area contributed by atoms with Crippen molar-refractivity contribution in [2.24, 2.45) is 0 Å². The summed E-state index contributed by atoms with van der Waals surface area (Å²) in [7, 11) is -3.10. The van der Waals surface area contributed by atoms with Crippen molar-refractivity contribution >= 4 is 26.0 Å². The normalized spacial score (nSPS) is 17.2. The highest BCUT2D eigenvalue weighted by Crippen LogP contribution is 2.25. The number of rotatable bonds is 6. The van der Waals surface area contributed by atoms with Gasteiger partial charge >= 0.3 is 0 Å². The summed E-state index contributed by atoms with van der Waals surface area (Å²) in [6.45, 7) is 2.81. The van der Waals surface area contributed by atoms with Crippen molar-refractivity contribution in [3.8, 4) is 5.88 Å². The lowest BCUT2D eigenvalue weighted by Crippen LogP contribution is -2.56. The molecule has 0 aliphatic carbocycles. The van der Waals surface area contributed by atoms with E-state index in [4.69, 9.17) is 4.74 Å². The predicted octanol–water partition coefficient (Wildman–Crippen LogP) is 2.04. The van der Waals surface area contributed by atoms with Crippen LogP contribution in [0.15, 0.2) is 22.8 Å². The SMILES string of the molecule is CCCCS(=O)(=O)N1CC(Oc2ncccc2Br)C1. The summed E-state index contributed by atoms with van der Waals surface area (Å²) in [5.41, 5.74) is 0. The standard InChI is InChI=1S/C12H17BrN2O3S/c1-2-3-7-19(16,17)15-8-10(9-15)18-12-11(13)5-4-6-14-12/h4-6,10H,2-3,7-9H2,1H3. The van der Waals surface area contributed by atoms with E-state index in [2.05, 4.69) is 20.9 Å². The Labute approximate surface area is 122 Å². The number of hydrogen-bond donors (Lipinski definition) is 0. The molecule has 2 heterocycles. The first-order valence-corrected chi connectivity index (χ1v) is 8.68. The van der Waals surface area contributed by atoms with Crippen LogP contribution < -0.4 is 4.74 Å². The minimum absolute atomic E-state index is 0.109. The van der Waals surface area contributed by atoms with Crippen LogP contribution in [0.25, 0.3) is 0 Å². The third-order valence-electron chi connectivity index (χ3n) is 2.97. The summed E-state index contributed by atoms with van der Waals surface area (Å²) in [4.78, 5) is 4.10. The fourth-order valence-corrected chi connectivity index (χ4v) is 3.82. The Bertz CT molecular complexity index is 530. The van der Waals surface area contributed by atoms with E-state index in [0.717, 1.165) is 10.9 Å². The number of aromatic nitrogens is 1. The largest absolute Gasteiger partial charge is 0.471 e. The van der Waals surface area contributed by atoms with Gasteiger partial charge in [0.2, 0.25) is 15.9 Å². The van der Waals surface area contributed by atoms with E-state index < -0.39 is 10.0 Å². The number of unbranched alkanes of at least 4 members (excludes halogenated alkanes) is 1. The van der Waals surface area contributed by atoms with E-state index in [1.165, 1.54) is 4.31 Å². The van der Waals surface area contributed by atoms with E-state index in [9.17, 15) is 8.42 Å². The first kappa shape index (κ1) is 14.7. The van der Waals surface area contributed by atoms with Crippen molar-refractivity contribution in [2.75, 3.05) is 18.8 Å². The van der Waals surface area contributed by atoms with Gasteiger partial charge in [-0.15, -0.1) is 0 Å². The monoisotopic (exact) mass is 348 g/mol. The smallest absolute Gasteiger partial charge is 0.228 e. The summed E-state index contributed by atoms with van der Waals surface area (Å²) in [5, 5.41) is 0. The lowest BCUT2D eigenvalue weighted by atomic mass is 10.2. The second-order valence-electron chi connectivity index (χ2n) is 4.52. The zero-order valence-electron chi connectivity index (χ0n) is 10.8. The van der Waals surface area contributed by atoms with Crippen molar-refractivity contribution in [2.45, 2.75) is 25.9 Å². The molecule has 106 valence electrons. The molecular formula is C12H17BrN2O3S. The van der Waals surface area contributed by atoms with Crippen LogP contribution >= 0.6 is 15.9 Å². The van der Waals surface area contributed by atoms with Crippen molar-refractivity contribution in [1.29, 1.82) is 0 Å². The van der Waals surface area contributed by atoms with Gasteiger partial charge in [0, 0.05) is 6.20 Å². The van der Waals surface area contributed by atoms with Crippen LogP contribution in [0, 0.1) is 0 Å². The molecule has 0 aromatic carbocycles. The van der Waals surface area contributed by atoms with Gasteiger partial charge in [0.25, 0.3) is 0 Å². The molecule has 7 heteroatoms. The maximum absolute atomic E-state index is 11.9. The van der Waals surface area contributed by atoms with Gasteiger partial charge in [-0.1, -0.05) is 13.3 Å². The number of pyridine rings is 1. The molecule has 1 fully saturated rings. The summed E-state index contributed by atoms with van der Waals surface area (Å²) in [6, 6.07) is 3.65. The van der Waals surface area contributed by atoms with E-state index in [1.807, 2.05) is 13.0 Å². The molecule has 1 saturated heterocycles. The number of ether oxygens (including phenoxy) is 1. The van der Waals surface area contributed by atoms with Crippen LogP contribution in [0.2, 0.25) is 0 Å². The van der Waals surface area contributed by atoms with Crippen LogP contribution in [0.5, 0.6) is 5.88 Å². The van der Waals surface area contributed by atoms with E-state index >= 15 is 0 Å². The first-order valence-electron chi connectivity index (χ1n) is 6.28. The summed E-state index contributed by atoms with van der Waals surface area (Å²) < 4.78 is 31.7. The average Bonchev–Trinajstić information content (AvgIpc) is 2.32. The molecule has 0 N–H and O–H groups in total. The van der Waals surface area contributed by atoms with Gasteiger partial charge in [-0.05, 0) is 34.5 Å². The summed E-state index contributed by atoms with van der Waals surface area (Å²) in [6.07, 6.45) is 3.13. The van der Waals surface area contributed by atoms with Crippen molar-refractivity contribution in [3.63, 3.8) is 0 Å². The van der Waals surface area contributed by atoms with Crippen LogP contribution in [0.4, 0.5) is 0 Å². The molecule has 1 aliphatic heterocycles. The average molecular weight is 349 g/mol. The van der Waals surface area contributed by atoms with E-state index in [1.54, 1.807) is 12.3 Å². The lowest BCUT2D eigenvalue weighted by Gasteiger charge is -2.37. The quantitative estimate of drug-likeness (QED) is 0.789. The van der Waals surface area contributed by atoms with Crippen LogP contribution in [-0.2, 0) is 10.0 Å². The van der Waals surface area contributed by atoms with Crippen molar-refractivity contribution < 1.29 is 13.2 Å². The number of halogens is 1. The van der Waals surface area contributed by atoms with Crippen LogP contribution in [0.3, 0.4) is 0 Å². The van der Waals surface area contributed by atoms with Gasteiger partial charge in [-0.3, -0.25) is 0 Å². The van der Waals surface area contributed by atoms with Gasteiger partial charge in [-0.25, -0.2) is 13.4 Å². The van der Waals surface area contributed by atoms with Gasteiger partial charge in [0.1, 0.15) is 6.10 Å². The zero-order chi connectivity index (χ0) is 13.9. The molecule has 0 saturated carbocycles. The Balaban J connectivity index is 1.85. The molecular weight excluding hydrogens is 332 g/mol. The van der Waals surface area contributed by atoms with Gasteiger partial charge in [0.15, 0.2) is 0 Å². The zero-order valence-corrected chi connectivity index (χ0v) is 13.2. The summed E-state index contributed by atoms with van der Waals surface area (Å²) in [5.74, 6) is 0.738. The molecule has 0 radical (unpaired) electrons. The Morgan fingerprint density at radius 2 is 2.26 bits per heavy atom. The van der Waals surface area contributed by atoms with Crippen LogP contribution in [0.1, 0.15) is 19.8 Å². The molecule has 1 aromatic rings. The third-order valence-corrected chi connectivity index (χ3v) is 5.46. The highest BCUT2D eigenvalue weighted by atomic mass is 79.9. The van der Waals surface area contributed by atoms with E-state index in [-0.39, 0.29) is 11.9 Å². The number of nitrogens with zero attached hydrogens (tertiary/aromatic N) is 2. The third kappa shape index (κ3) is 3.67. The highest BCUT2D eigenvalue weighted by molar-refractivity contribution is 9.10. The predicted molar refractivity (Wildman–Crippen MR) is 76.6 cm³/mol. The van der Waals surface area contributed by atoms with Crippen molar-refractivity contribution in [1.82, 2.24) is 9.29 Å². The minimum Gasteiger partial charge on any atom is -0.471 e. The molecule has 0 amide bonds. The Morgan fingerprint density at radius 3 is 2.89 bits per heavy atom. The maximum Gasteiger partial charge on any atom is 0.228 e. The van der Waals surface area contributed by atoms with Gasteiger partial charge in [0.05, 0.1) is 23.3 Å². The molecule has 5 nitrogen and oxygen atoms in total. The topological polar surface area (TPSA) is 59.5 Å². The van der Waals surface area contributed by atoms with Gasteiger partial charge in [-0.2, -0.15) is 4.31 Å². The Kier molecular flexibility index (Phi) is 4.81. The Morgan fingerprint density at radius 1 is 1.53 bits per heavy atom. The second kappa shape index (κ2) is 6.19. The van der Waals surface area contributed by atoms with Crippen LogP contribution in [-0.4, -0.2) is 42.7 Å². The maximum atomic E-state index is 11.9. The number of hydrogen-bond acceptors (Lipinski definition) is 4. The second-order valence-corrected chi connectivity index (χ2v) is 7.46.